The van der Waals surface area contributed by atoms with Gasteiger partial charge in [-0.1, -0.05) is 6.42 Å². The van der Waals surface area contributed by atoms with Crippen LogP contribution in [0.1, 0.15) is 32.1 Å². The lowest BCUT2D eigenvalue weighted by atomic mass is 10.0. The molecule has 0 aromatic rings. The predicted octanol–water partition coefficient (Wildman–Crippen LogP) is 2.20. The summed E-state index contributed by atoms with van der Waals surface area (Å²) in [7, 11) is 2.07. The number of thioether (sulfide) groups is 1. The average molecular weight is 230 g/mol. The quantitative estimate of drug-likeness (QED) is 0.675. The maximum Gasteiger partial charge on any atom is 0.0220 e. The Morgan fingerprint density at radius 1 is 1.33 bits per heavy atom. The molecule has 0 aliphatic carbocycles. The number of unbranched alkanes of at least 4 members (excludes halogenated alkanes) is 1. The van der Waals surface area contributed by atoms with Crippen LogP contribution >= 0.6 is 11.8 Å². The number of hydrogen-bond donors (Lipinski definition) is 1. The molecule has 1 heterocycles. The van der Waals surface area contributed by atoms with Crippen LogP contribution in [0.4, 0.5) is 0 Å². The molecule has 3 heteroatoms. The van der Waals surface area contributed by atoms with E-state index in [4.69, 9.17) is 0 Å². The van der Waals surface area contributed by atoms with Crippen molar-refractivity contribution >= 4 is 11.8 Å². The summed E-state index contributed by atoms with van der Waals surface area (Å²) >= 11 is 1.97. The minimum atomic E-state index is 0.804. The molecule has 2 nitrogen and oxygen atoms in total. The van der Waals surface area contributed by atoms with E-state index in [9.17, 15) is 0 Å². The van der Waals surface area contributed by atoms with E-state index in [1.165, 1.54) is 57.5 Å². The molecule has 1 unspecified atom stereocenters. The fourth-order valence-corrected chi connectivity index (χ4v) is 2.88. The van der Waals surface area contributed by atoms with Crippen LogP contribution in [-0.4, -0.2) is 49.6 Å². The molecule has 1 fully saturated rings. The Bertz CT molecular complexity index is 151. The van der Waals surface area contributed by atoms with Gasteiger partial charge >= 0.3 is 0 Å². The van der Waals surface area contributed by atoms with Crippen molar-refractivity contribution in [3.8, 4) is 0 Å². The van der Waals surface area contributed by atoms with Gasteiger partial charge in [-0.3, -0.25) is 4.90 Å². The first-order chi connectivity index (χ1) is 7.38. The molecule has 1 rings (SSSR count). The molecular formula is C12H26N2S. The zero-order valence-corrected chi connectivity index (χ0v) is 11.1. The van der Waals surface area contributed by atoms with Crippen LogP contribution in [0, 0.1) is 0 Å². The summed E-state index contributed by atoms with van der Waals surface area (Å²) in [6, 6.07) is 0.804. The van der Waals surface area contributed by atoms with Crippen molar-refractivity contribution in [2.45, 2.75) is 38.1 Å². The largest absolute Gasteiger partial charge is 0.318 e. The van der Waals surface area contributed by atoms with Gasteiger partial charge in [0.25, 0.3) is 0 Å². The van der Waals surface area contributed by atoms with Crippen LogP contribution in [0.5, 0.6) is 0 Å². The van der Waals surface area contributed by atoms with Gasteiger partial charge in [0, 0.05) is 12.6 Å². The minimum absolute atomic E-state index is 0.804. The Morgan fingerprint density at radius 2 is 2.20 bits per heavy atom. The standard InChI is InChI=1S/C12H26N2S/c1-13-11-12-7-3-4-8-14(12)9-5-6-10-15-2/h12-13H,3-11H2,1-2H3. The monoisotopic (exact) mass is 230 g/mol. The van der Waals surface area contributed by atoms with Gasteiger partial charge in [-0.15, -0.1) is 0 Å². The van der Waals surface area contributed by atoms with E-state index in [1.807, 2.05) is 11.8 Å². The molecule has 0 spiro atoms. The zero-order valence-electron chi connectivity index (χ0n) is 10.3. The topological polar surface area (TPSA) is 15.3 Å². The normalized spacial score (nSPS) is 23.2. The van der Waals surface area contributed by atoms with Gasteiger partial charge in [-0.05, 0) is 57.8 Å². The molecule has 0 radical (unpaired) electrons. The highest BCUT2D eigenvalue weighted by Gasteiger charge is 2.20. The van der Waals surface area contributed by atoms with Crippen molar-refractivity contribution in [1.82, 2.24) is 10.2 Å². The Balaban J connectivity index is 2.17. The molecule has 0 aromatic heterocycles. The van der Waals surface area contributed by atoms with Crippen molar-refractivity contribution < 1.29 is 0 Å². The van der Waals surface area contributed by atoms with Crippen LogP contribution in [0.25, 0.3) is 0 Å². The fourth-order valence-electron chi connectivity index (χ4n) is 2.38. The minimum Gasteiger partial charge on any atom is -0.318 e. The second-order valence-electron chi connectivity index (χ2n) is 4.44. The SMILES string of the molecule is CNCC1CCCCN1CCCCSC. The van der Waals surface area contributed by atoms with Crippen molar-refractivity contribution in [3.05, 3.63) is 0 Å². The fraction of sp³-hybridized carbons (Fsp3) is 1.00. The van der Waals surface area contributed by atoms with Gasteiger partial charge in [0.1, 0.15) is 0 Å². The highest BCUT2D eigenvalue weighted by atomic mass is 32.2. The van der Waals surface area contributed by atoms with E-state index in [0.29, 0.717) is 0 Å². The van der Waals surface area contributed by atoms with E-state index >= 15 is 0 Å². The van der Waals surface area contributed by atoms with E-state index < -0.39 is 0 Å². The van der Waals surface area contributed by atoms with Gasteiger partial charge in [0.05, 0.1) is 0 Å². The van der Waals surface area contributed by atoms with Gasteiger partial charge in [-0.25, -0.2) is 0 Å². The molecule has 15 heavy (non-hydrogen) atoms. The number of piperidine rings is 1. The number of nitrogens with one attached hydrogen (secondary N) is 1. The molecule has 1 aliphatic rings. The van der Waals surface area contributed by atoms with Gasteiger partial charge in [0.15, 0.2) is 0 Å². The first kappa shape index (κ1) is 13.3. The average Bonchev–Trinajstić information content (AvgIpc) is 2.27. The molecule has 1 aliphatic heterocycles. The first-order valence-corrected chi connectivity index (χ1v) is 7.65. The number of nitrogens with zero attached hydrogens (tertiary/aromatic N) is 1. The maximum absolute atomic E-state index is 3.32. The van der Waals surface area contributed by atoms with Crippen molar-refractivity contribution in [1.29, 1.82) is 0 Å². The zero-order chi connectivity index (χ0) is 10.9. The van der Waals surface area contributed by atoms with Crippen LogP contribution in [0.3, 0.4) is 0 Å². The molecule has 0 saturated carbocycles. The van der Waals surface area contributed by atoms with Crippen molar-refractivity contribution in [2.75, 3.05) is 38.7 Å². The Labute approximate surface area is 99.2 Å². The Morgan fingerprint density at radius 3 is 2.93 bits per heavy atom. The third-order valence-electron chi connectivity index (χ3n) is 3.23. The van der Waals surface area contributed by atoms with E-state index in [1.54, 1.807) is 0 Å². The molecule has 1 atom stereocenters. The smallest absolute Gasteiger partial charge is 0.0220 e. The van der Waals surface area contributed by atoms with E-state index in [-0.39, 0.29) is 0 Å². The lowest BCUT2D eigenvalue weighted by Crippen LogP contribution is -2.45. The molecule has 0 aromatic carbocycles. The second-order valence-corrected chi connectivity index (χ2v) is 5.43. The molecule has 1 N–H and O–H groups in total. The van der Waals surface area contributed by atoms with E-state index in [0.717, 1.165) is 6.04 Å². The molecule has 1 saturated heterocycles. The van der Waals surface area contributed by atoms with Gasteiger partial charge in [0.2, 0.25) is 0 Å². The summed E-state index contributed by atoms with van der Waals surface area (Å²) in [6.07, 6.45) is 9.18. The number of hydrogen-bond acceptors (Lipinski definition) is 3. The summed E-state index contributed by atoms with van der Waals surface area (Å²) < 4.78 is 0. The highest BCUT2D eigenvalue weighted by molar-refractivity contribution is 7.98. The lowest BCUT2D eigenvalue weighted by molar-refractivity contribution is 0.145. The summed E-state index contributed by atoms with van der Waals surface area (Å²) in [5.74, 6) is 1.32. The van der Waals surface area contributed by atoms with Crippen LogP contribution < -0.4 is 5.32 Å². The van der Waals surface area contributed by atoms with Gasteiger partial charge in [-0.2, -0.15) is 11.8 Å². The number of likely N-dealkylation sites (N-methyl/N-ethyl adjacent to an activating group) is 1. The maximum atomic E-state index is 3.32. The number of rotatable bonds is 7. The molecule has 90 valence electrons. The molecule has 0 amide bonds. The van der Waals surface area contributed by atoms with Crippen LogP contribution in [0.2, 0.25) is 0 Å². The summed E-state index contributed by atoms with van der Waals surface area (Å²) in [6.45, 7) is 3.81. The number of likely N-dealkylation sites (tertiary alicyclic amines) is 1. The summed E-state index contributed by atoms with van der Waals surface area (Å²) in [5, 5.41) is 3.32. The molecular weight excluding hydrogens is 204 g/mol. The Kier molecular flexibility index (Phi) is 7.49. The first-order valence-electron chi connectivity index (χ1n) is 6.26. The van der Waals surface area contributed by atoms with Gasteiger partial charge < -0.3 is 5.32 Å². The molecule has 0 bridgehead atoms. The van der Waals surface area contributed by atoms with Crippen LogP contribution in [-0.2, 0) is 0 Å². The van der Waals surface area contributed by atoms with E-state index in [2.05, 4.69) is 23.5 Å². The third-order valence-corrected chi connectivity index (χ3v) is 3.93. The lowest BCUT2D eigenvalue weighted by Gasteiger charge is -2.35. The highest BCUT2D eigenvalue weighted by Crippen LogP contribution is 2.17. The third kappa shape index (κ3) is 5.23. The second kappa shape index (κ2) is 8.43. The Hall–Kier alpha value is 0.270. The van der Waals surface area contributed by atoms with Crippen molar-refractivity contribution in [3.63, 3.8) is 0 Å². The summed E-state index contributed by atoms with van der Waals surface area (Å²) in [4.78, 5) is 2.69. The summed E-state index contributed by atoms with van der Waals surface area (Å²) in [5.41, 5.74) is 0. The predicted molar refractivity (Wildman–Crippen MR) is 70.8 cm³/mol. The van der Waals surface area contributed by atoms with Crippen LogP contribution in [0.15, 0.2) is 0 Å². The van der Waals surface area contributed by atoms with Crippen molar-refractivity contribution in [2.24, 2.45) is 0 Å².